The fourth-order valence-electron chi connectivity index (χ4n) is 4.41. The number of rotatable bonds is 7. The first-order valence-corrected chi connectivity index (χ1v) is 7.76. The van der Waals surface area contributed by atoms with Crippen molar-refractivity contribution in [3.8, 4) is 0 Å². The molecule has 0 heterocycles. The highest BCUT2D eigenvalue weighted by molar-refractivity contribution is 4.95. The zero-order valence-corrected chi connectivity index (χ0v) is 14.0. The van der Waals surface area contributed by atoms with E-state index in [9.17, 15) is 0 Å². The lowest BCUT2D eigenvalue weighted by atomic mass is 9.63. The van der Waals surface area contributed by atoms with Crippen LogP contribution >= 0.6 is 0 Å². The molecule has 0 amide bonds. The van der Waals surface area contributed by atoms with Crippen LogP contribution in [0, 0.1) is 35.5 Å². The molecule has 0 N–H and O–H groups in total. The number of hydrogen-bond donors (Lipinski definition) is 0. The Morgan fingerprint density at radius 3 is 1.33 bits per heavy atom. The minimum absolute atomic E-state index is 0.138. The summed E-state index contributed by atoms with van der Waals surface area (Å²) < 4.78 is 15.6. The molecule has 0 aromatic rings. The zero-order valence-electron chi connectivity index (χ0n) is 14.0. The van der Waals surface area contributed by atoms with Crippen LogP contribution in [0.2, 0.25) is 0 Å². The van der Waals surface area contributed by atoms with E-state index in [1.807, 2.05) is 6.92 Å². The second kappa shape index (κ2) is 6.91. The summed E-state index contributed by atoms with van der Waals surface area (Å²) in [5.74, 6) is 1.92. The maximum absolute atomic E-state index is 15.6. The lowest BCUT2D eigenvalue weighted by Gasteiger charge is -2.46. The molecular weight excluding hydrogens is 223 g/mol. The first-order valence-electron chi connectivity index (χ1n) is 7.76. The minimum atomic E-state index is -1.08. The molecule has 0 rings (SSSR count). The van der Waals surface area contributed by atoms with E-state index in [0.29, 0.717) is 23.7 Å². The SMILES string of the molecule is CCC(C)C(C(C)C)[C@@](C)(F)C(C(C)C)C(C)C. The Balaban J connectivity index is 5.38. The van der Waals surface area contributed by atoms with E-state index in [-0.39, 0.29) is 11.8 Å². The molecule has 0 aliphatic heterocycles. The van der Waals surface area contributed by atoms with Gasteiger partial charge in [-0.25, -0.2) is 4.39 Å². The van der Waals surface area contributed by atoms with Crippen LogP contribution in [0.25, 0.3) is 0 Å². The highest BCUT2D eigenvalue weighted by atomic mass is 19.1. The summed E-state index contributed by atoms with van der Waals surface area (Å²) >= 11 is 0. The van der Waals surface area contributed by atoms with E-state index in [1.165, 1.54) is 0 Å². The van der Waals surface area contributed by atoms with Crippen molar-refractivity contribution in [3.63, 3.8) is 0 Å². The van der Waals surface area contributed by atoms with Crippen molar-refractivity contribution in [2.24, 2.45) is 35.5 Å². The summed E-state index contributed by atoms with van der Waals surface area (Å²) in [6.07, 6.45) is 1.06. The van der Waals surface area contributed by atoms with Gasteiger partial charge < -0.3 is 0 Å². The van der Waals surface area contributed by atoms with Crippen LogP contribution in [0.5, 0.6) is 0 Å². The quantitative estimate of drug-likeness (QED) is 0.528. The Kier molecular flexibility index (Phi) is 6.89. The molecular formula is C17H35F. The molecule has 2 unspecified atom stereocenters. The summed E-state index contributed by atoms with van der Waals surface area (Å²) in [5.41, 5.74) is -1.08. The van der Waals surface area contributed by atoms with Crippen LogP contribution in [-0.2, 0) is 0 Å². The minimum Gasteiger partial charge on any atom is -0.244 e. The average molecular weight is 258 g/mol. The van der Waals surface area contributed by atoms with Crippen molar-refractivity contribution in [2.75, 3.05) is 0 Å². The molecule has 0 bridgehead atoms. The summed E-state index contributed by atoms with van der Waals surface area (Å²) in [4.78, 5) is 0. The molecule has 0 fully saturated rings. The summed E-state index contributed by atoms with van der Waals surface area (Å²) in [6, 6.07) is 0. The van der Waals surface area contributed by atoms with Gasteiger partial charge in [-0.2, -0.15) is 0 Å². The standard InChI is InChI=1S/C17H35F/c1-10-14(8)16(13(6)7)17(9,18)15(11(2)3)12(4)5/h11-16H,10H2,1-9H3/t14?,16?,17-/m0/s1. The molecule has 18 heavy (non-hydrogen) atoms. The van der Waals surface area contributed by atoms with Gasteiger partial charge >= 0.3 is 0 Å². The van der Waals surface area contributed by atoms with E-state index >= 15 is 4.39 Å². The van der Waals surface area contributed by atoms with Gasteiger partial charge in [0.1, 0.15) is 5.67 Å². The van der Waals surface area contributed by atoms with Crippen molar-refractivity contribution >= 4 is 0 Å². The second-order valence-electron chi connectivity index (χ2n) is 7.32. The van der Waals surface area contributed by atoms with Gasteiger partial charge in [0.25, 0.3) is 0 Å². The van der Waals surface area contributed by atoms with E-state index in [0.717, 1.165) is 6.42 Å². The zero-order chi connectivity index (χ0) is 14.7. The van der Waals surface area contributed by atoms with Crippen LogP contribution in [0.3, 0.4) is 0 Å². The third-order valence-corrected chi connectivity index (χ3v) is 4.72. The van der Waals surface area contributed by atoms with Gasteiger partial charge in [0.2, 0.25) is 0 Å². The highest BCUT2D eigenvalue weighted by Gasteiger charge is 2.47. The van der Waals surface area contributed by atoms with Crippen LogP contribution in [0.4, 0.5) is 4.39 Å². The molecule has 0 aliphatic carbocycles. The van der Waals surface area contributed by atoms with Gasteiger partial charge in [-0.3, -0.25) is 0 Å². The van der Waals surface area contributed by atoms with Gasteiger partial charge in [0.05, 0.1) is 0 Å². The number of alkyl halides is 1. The Hall–Kier alpha value is -0.0700. The topological polar surface area (TPSA) is 0 Å². The Bertz CT molecular complexity index is 220. The predicted molar refractivity (Wildman–Crippen MR) is 80.5 cm³/mol. The summed E-state index contributed by atoms with van der Waals surface area (Å²) in [5, 5.41) is 0. The second-order valence-corrected chi connectivity index (χ2v) is 7.32. The van der Waals surface area contributed by atoms with Gasteiger partial charge in [-0.05, 0) is 42.4 Å². The molecule has 1 heteroatoms. The average Bonchev–Trinajstić information content (AvgIpc) is 2.13. The first kappa shape index (κ1) is 17.9. The van der Waals surface area contributed by atoms with Crippen LogP contribution in [0.15, 0.2) is 0 Å². The van der Waals surface area contributed by atoms with E-state index in [2.05, 4.69) is 55.4 Å². The van der Waals surface area contributed by atoms with E-state index < -0.39 is 5.67 Å². The Morgan fingerprint density at radius 2 is 1.11 bits per heavy atom. The lowest BCUT2D eigenvalue weighted by Crippen LogP contribution is -2.47. The highest BCUT2D eigenvalue weighted by Crippen LogP contribution is 2.46. The third-order valence-electron chi connectivity index (χ3n) is 4.72. The molecule has 0 radical (unpaired) electrons. The monoisotopic (exact) mass is 258 g/mol. The van der Waals surface area contributed by atoms with Crippen molar-refractivity contribution in [2.45, 2.75) is 74.4 Å². The molecule has 0 saturated carbocycles. The number of halogens is 1. The van der Waals surface area contributed by atoms with Gasteiger partial charge in [-0.15, -0.1) is 0 Å². The van der Waals surface area contributed by atoms with Crippen LogP contribution in [-0.4, -0.2) is 5.67 Å². The summed E-state index contributed by atoms with van der Waals surface area (Å²) in [6.45, 7) is 19.2. The molecule has 3 atom stereocenters. The maximum Gasteiger partial charge on any atom is 0.114 e. The largest absolute Gasteiger partial charge is 0.244 e. The van der Waals surface area contributed by atoms with Crippen LogP contribution < -0.4 is 0 Å². The van der Waals surface area contributed by atoms with E-state index in [1.54, 1.807) is 0 Å². The third kappa shape index (κ3) is 3.96. The van der Waals surface area contributed by atoms with E-state index in [4.69, 9.17) is 0 Å². The lowest BCUT2D eigenvalue weighted by molar-refractivity contribution is -0.0532. The number of hydrogen-bond acceptors (Lipinski definition) is 0. The van der Waals surface area contributed by atoms with Crippen molar-refractivity contribution < 1.29 is 4.39 Å². The molecule has 110 valence electrons. The molecule has 0 aromatic carbocycles. The van der Waals surface area contributed by atoms with Crippen molar-refractivity contribution in [3.05, 3.63) is 0 Å². The molecule has 0 aromatic heterocycles. The molecule has 0 aliphatic rings. The fourth-order valence-corrected chi connectivity index (χ4v) is 4.41. The van der Waals surface area contributed by atoms with Gasteiger partial charge in [0.15, 0.2) is 0 Å². The summed E-state index contributed by atoms with van der Waals surface area (Å²) in [7, 11) is 0. The van der Waals surface area contributed by atoms with Crippen molar-refractivity contribution in [1.82, 2.24) is 0 Å². The Labute approximate surface area is 115 Å². The fraction of sp³-hybridized carbons (Fsp3) is 1.00. The van der Waals surface area contributed by atoms with Crippen LogP contribution in [0.1, 0.15) is 68.7 Å². The maximum atomic E-state index is 15.6. The molecule has 0 nitrogen and oxygen atoms in total. The first-order chi connectivity index (χ1) is 8.07. The van der Waals surface area contributed by atoms with Crippen molar-refractivity contribution in [1.29, 1.82) is 0 Å². The Morgan fingerprint density at radius 1 is 0.778 bits per heavy atom. The smallest absolute Gasteiger partial charge is 0.114 e. The molecule has 0 spiro atoms. The normalized spacial score (nSPS) is 19.7. The van der Waals surface area contributed by atoms with Gasteiger partial charge in [0, 0.05) is 0 Å². The molecule has 0 saturated heterocycles. The van der Waals surface area contributed by atoms with Gasteiger partial charge in [-0.1, -0.05) is 61.8 Å². The predicted octanol–water partition coefficient (Wildman–Crippen LogP) is 5.96.